The van der Waals surface area contributed by atoms with Crippen molar-refractivity contribution >= 4 is 5.97 Å². The largest absolute Gasteiger partial charge is 0.481 e. The molecule has 3 heterocycles. The summed E-state index contributed by atoms with van der Waals surface area (Å²) in [5.41, 5.74) is -0.435. The fourth-order valence-electron chi connectivity index (χ4n) is 5.05. The molecule has 3 aliphatic heterocycles. The zero-order valence-corrected chi connectivity index (χ0v) is 13.6. The van der Waals surface area contributed by atoms with Gasteiger partial charge in [0.2, 0.25) is 0 Å². The highest BCUT2D eigenvalue weighted by Gasteiger charge is 2.45. The molecule has 0 aliphatic carbocycles. The van der Waals surface area contributed by atoms with Crippen molar-refractivity contribution in [3.8, 4) is 0 Å². The summed E-state index contributed by atoms with van der Waals surface area (Å²) in [6, 6.07) is 2.25. The van der Waals surface area contributed by atoms with Crippen LogP contribution in [0.5, 0.6) is 0 Å². The van der Waals surface area contributed by atoms with Crippen molar-refractivity contribution in [1.29, 1.82) is 0 Å². The van der Waals surface area contributed by atoms with Crippen molar-refractivity contribution in [2.75, 3.05) is 20.1 Å². The van der Waals surface area contributed by atoms with Crippen LogP contribution in [-0.4, -0.2) is 59.1 Å². The number of piperidine rings is 2. The smallest absolute Gasteiger partial charge is 0.309 e. The van der Waals surface area contributed by atoms with Crippen LogP contribution in [0.3, 0.4) is 0 Å². The van der Waals surface area contributed by atoms with Crippen molar-refractivity contribution in [2.45, 2.75) is 76.4 Å². The van der Waals surface area contributed by atoms with E-state index in [2.05, 4.69) is 23.8 Å². The Morgan fingerprint density at radius 1 is 1.14 bits per heavy atom. The molecule has 0 spiro atoms. The average Bonchev–Trinajstić information content (AvgIpc) is 2.70. The summed E-state index contributed by atoms with van der Waals surface area (Å²) in [6.07, 6.45) is 8.82. The maximum Gasteiger partial charge on any atom is 0.309 e. The lowest BCUT2D eigenvalue weighted by Crippen LogP contribution is -2.53. The van der Waals surface area contributed by atoms with Gasteiger partial charge in [0.15, 0.2) is 0 Å². The van der Waals surface area contributed by atoms with E-state index in [1.807, 2.05) is 0 Å². The summed E-state index contributed by atoms with van der Waals surface area (Å²) in [6.45, 7) is 4.08. The second kappa shape index (κ2) is 5.88. The molecule has 21 heavy (non-hydrogen) atoms. The van der Waals surface area contributed by atoms with Crippen molar-refractivity contribution < 1.29 is 9.90 Å². The van der Waals surface area contributed by atoms with Gasteiger partial charge in [-0.15, -0.1) is 0 Å². The summed E-state index contributed by atoms with van der Waals surface area (Å²) in [5, 5.41) is 9.62. The molecular formula is C17H30N2O2. The minimum Gasteiger partial charge on any atom is -0.481 e. The molecule has 3 saturated heterocycles. The van der Waals surface area contributed by atoms with Crippen molar-refractivity contribution in [3.63, 3.8) is 0 Å². The zero-order chi connectivity index (χ0) is 15.0. The number of hydrogen-bond donors (Lipinski definition) is 1. The van der Waals surface area contributed by atoms with Crippen LogP contribution in [0.2, 0.25) is 0 Å². The van der Waals surface area contributed by atoms with E-state index in [0.717, 1.165) is 50.9 Å². The highest BCUT2D eigenvalue weighted by Crippen LogP contribution is 2.41. The molecule has 4 heteroatoms. The Morgan fingerprint density at radius 3 is 2.19 bits per heavy atom. The molecule has 0 aromatic rings. The molecule has 0 radical (unpaired) electrons. The molecule has 0 amide bonds. The molecule has 3 aliphatic rings. The van der Waals surface area contributed by atoms with Gasteiger partial charge in [-0.2, -0.15) is 0 Å². The minimum absolute atomic E-state index is 0.435. The van der Waals surface area contributed by atoms with E-state index >= 15 is 0 Å². The Kier molecular flexibility index (Phi) is 4.28. The number of rotatable bonds is 4. The molecule has 1 N–H and O–H groups in total. The lowest BCUT2D eigenvalue weighted by molar-refractivity contribution is -0.153. The predicted molar refractivity (Wildman–Crippen MR) is 83.4 cm³/mol. The van der Waals surface area contributed by atoms with Gasteiger partial charge in [-0.25, -0.2) is 0 Å². The quantitative estimate of drug-likeness (QED) is 0.865. The van der Waals surface area contributed by atoms with E-state index in [0.29, 0.717) is 6.04 Å². The number of aliphatic carboxylic acids is 1. The van der Waals surface area contributed by atoms with E-state index in [4.69, 9.17) is 0 Å². The Balaban J connectivity index is 1.60. The second-order valence-corrected chi connectivity index (χ2v) is 7.55. The van der Waals surface area contributed by atoms with Gasteiger partial charge in [-0.05, 0) is 65.1 Å². The Hall–Kier alpha value is -0.610. The third-order valence-electron chi connectivity index (χ3n) is 6.53. The Morgan fingerprint density at radius 2 is 1.71 bits per heavy atom. The molecule has 0 aromatic carbocycles. The van der Waals surface area contributed by atoms with Crippen molar-refractivity contribution in [1.82, 2.24) is 9.80 Å². The fourth-order valence-corrected chi connectivity index (χ4v) is 5.05. The van der Waals surface area contributed by atoms with Gasteiger partial charge < -0.3 is 14.9 Å². The number of fused-ring (bicyclic) bond motifs is 2. The molecule has 2 bridgehead atoms. The van der Waals surface area contributed by atoms with Crippen molar-refractivity contribution in [3.05, 3.63) is 0 Å². The van der Waals surface area contributed by atoms with E-state index in [-0.39, 0.29) is 0 Å². The van der Waals surface area contributed by atoms with Crippen LogP contribution in [0.15, 0.2) is 0 Å². The summed E-state index contributed by atoms with van der Waals surface area (Å²) >= 11 is 0. The molecule has 0 aromatic heterocycles. The molecule has 4 nitrogen and oxygen atoms in total. The highest BCUT2D eigenvalue weighted by atomic mass is 16.4. The van der Waals surface area contributed by atoms with Crippen LogP contribution < -0.4 is 0 Å². The summed E-state index contributed by atoms with van der Waals surface area (Å²) < 4.78 is 0. The van der Waals surface area contributed by atoms with Crippen molar-refractivity contribution in [2.24, 2.45) is 5.41 Å². The lowest BCUT2D eigenvalue weighted by atomic mass is 9.74. The van der Waals surface area contributed by atoms with Gasteiger partial charge in [0.25, 0.3) is 0 Å². The van der Waals surface area contributed by atoms with Gasteiger partial charge in [0, 0.05) is 18.1 Å². The molecule has 3 rings (SSSR count). The van der Waals surface area contributed by atoms with E-state index in [1.165, 1.54) is 25.7 Å². The van der Waals surface area contributed by atoms with Gasteiger partial charge >= 0.3 is 5.97 Å². The lowest BCUT2D eigenvalue weighted by Gasteiger charge is -2.46. The van der Waals surface area contributed by atoms with Crippen LogP contribution >= 0.6 is 0 Å². The number of hydrogen-bond acceptors (Lipinski definition) is 3. The third-order valence-corrected chi connectivity index (χ3v) is 6.53. The third kappa shape index (κ3) is 2.72. The van der Waals surface area contributed by atoms with Crippen LogP contribution in [0.4, 0.5) is 0 Å². The maximum atomic E-state index is 11.7. The minimum atomic E-state index is -0.563. The Labute approximate surface area is 128 Å². The number of carbonyl (C=O) groups is 1. The first-order chi connectivity index (χ1) is 10.1. The molecule has 2 unspecified atom stereocenters. The molecular weight excluding hydrogens is 264 g/mol. The number of likely N-dealkylation sites (tertiary alicyclic amines) is 1. The van der Waals surface area contributed by atoms with Crippen LogP contribution in [0.25, 0.3) is 0 Å². The highest BCUT2D eigenvalue weighted by molar-refractivity contribution is 5.74. The zero-order valence-electron chi connectivity index (χ0n) is 13.6. The topological polar surface area (TPSA) is 43.8 Å². The van der Waals surface area contributed by atoms with E-state index in [1.54, 1.807) is 0 Å². The number of carboxylic acid groups (broad SMARTS) is 1. The first-order valence-corrected chi connectivity index (χ1v) is 8.75. The Bertz CT molecular complexity index is 376. The van der Waals surface area contributed by atoms with Gasteiger partial charge in [-0.3, -0.25) is 4.79 Å². The fraction of sp³-hybridized carbons (Fsp3) is 0.941. The van der Waals surface area contributed by atoms with E-state index < -0.39 is 11.4 Å². The molecule has 2 atom stereocenters. The standard InChI is InChI=1S/C17H30N2O2/c1-3-6-17(16(20)21)7-9-19(10-8-17)15-11-13-4-5-14(12-15)18(13)2/h13-15H,3-12H2,1-2H3,(H,20,21). The normalized spacial score (nSPS) is 36.8. The summed E-state index contributed by atoms with van der Waals surface area (Å²) in [4.78, 5) is 16.9. The van der Waals surface area contributed by atoms with Crippen LogP contribution in [0, 0.1) is 5.41 Å². The first kappa shape index (κ1) is 15.3. The van der Waals surface area contributed by atoms with Crippen LogP contribution in [0.1, 0.15) is 58.3 Å². The average molecular weight is 294 g/mol. The number of nitrogens with zero attached hydrogens (tertiary/aromatic N) is 2. The SMILES string of the molecule is CCCC1(C(=O)O)CCN(C2CC3CCC(C2)N3C)CC1. The van der Waals surface area contributed by atoms with Gasteiger partial charge in [0.05, 0.1) is 5.41 Å². The summed E-state index contributed by atoms with van der Waals surface area (Å²) in [7, 11) is 2.28. The maximum absolute atomic E-state index is 11.7. The van der Waals surface area contributed by atoms with E-state index in [9.17, 15) is 9.90 Å². The van der Waals surface area contributed by atoms with Gasteiger partial charge in [0.1, 0.15) is 0 Å². The second-order valence-electron chi connectivity index (χ2n) is 7.55. The van der Waals surface area contributed by atoms with Crippen LogP contribution in [-0.2, 0) is 4.79 Å². The van der Waals surface area contributed by atoms with Gasteiger partial charge in [-0.1, -0.05) is 13.3 Å². The number of carboxylic acids is 1. The summed E-state index contributed by atoms with van der Waals surface area (Å²) in [5.74, 6) is -0.563. The monoisotopic (exact) mass is 294 g/mol. The molecule has 120 valence electrons. The first-order valence-electron chi connectivity index (χ1n) is 8.75. The predicted octanol–water partition coefficient (Wildman–Crippen LogP) is 2.58. The molecule has 3 fully saturated rings. The molecule has 0 saturated carbocycles.